The van der Waals surface area contributed by atoms with Gasteiger partial charge >= 0.3 is 0 Å². The molecule has 4 aromatic rings. The summed E-state index contributed by atoms with van der Waals surface area (Å²) in [4.78, 5) is 14.1. The highest BCUT2D eigenvalue weighted by atomic mass is 35.5. The molecule has 41 heavy (non-hydrogen) atoms. The number of rotatable bonds is 8. The molecule has 2 aromatic carbocycles. The van der Waals surface area contributed by atoms with Crippen LogP contribution in [-0.2, 0) is 13.1 Å². The molecule has 216 valence electrons. The molecule has 3 heterocycles. The Labute approximate surface area is 247 Å². The van der Waals surface area contributed by atoms with Crippen LogP contribution in [0.1, 0.15) is 50.5 Å². The number of fused-ring (bicyclic) bond motifs is 1. The average molecular weight is 602 g/mol. The largest absolute Gasteiger partial charge is 0.490 e. The minimum Gasteiger partial charge on any atom is -0.490 e. The Morgan fingerprint density at radius 3 is 2.51 bits per heavy atom. The van der Waals surface area contributed by atoms with Crippen LogP contribution in [0.4, 0.5) is 14.7 Å². The average Bonchev–Trinajstić information content (AvgIpc) is 3.31. The normalized spacial score (nSPS) is 18.1. The highest BCUT2D eigenvalue weighted by Gasteiger charge is 2.24. The molecule has 1 saturated carbocycles. The van der Waals surface area contributed by atoms with Crippen molar-refractivity contribution in [3.8, 4) is 17.1 Å². The van der Waals surface area contributed by atoms with Gasteiger partial charge in [-0.15, -0.1) is 0 Å². The van der Waals surface area contributed by atoms with Crippen molar-refractivity contribution in [3.05, 3.63) is 63.8 Å². The van der Waals surface area contributed by atoms with Crippen LogP contribution in [0.3, 0.4) is 0 Å². The summed E-state index contributed by atoms with van der Waals surface area (Å²) in [5.41, 5.74) is 2.45. The molecule has 0 radical (unpaired) electrons. The lowest BCUT2D eigenvalue weighted by molar-refractivity contribution is 0.155. The van der Waals surface area contributed by atoms with Gasteiger partial charge in [0.1, 0.15) is 17.1 Å². The minimum absolute atomic E-state index is 0.178. The maximum Gasteiger partial charge on any atom is 0.225 e. The monoisotopic (exact) mass is 600 g/mol. The first-order valence-electron chi connectivity index (χ1n) is 14.2. The van der Waals surface area contributed by atoms with Crippen LogP contribution in [-0.4, -0.2) is 38.7 Å². The second-order valence-electron chi connectivity index (χ2n) is 10.9. The number of piperidine rings is 1. The van der Waals surface area contributed by atoms with Gasteiger partial charge in [-0.2, -0.15) is 4.98 Å². The molecule has 1 aliphatic heterocycles. The van der Waals surface area contributed by atoms with Crippen molar-refractivity contribution in [3.63, 3.8) is 0 Å². The maximum absolute atomic E-state index is 13.7. The number of aromatic nitrogens is 4. The summed E-state index contributed by atoms with van der Waals surface area (Å²) >= 11 is 13.7. The Hall–Kier alpha value is -3.01. The molecule has 1 saturated heterocycles. The number of anilines is 1. The summed E-state index contributed by atoms with van der Waals surface area (Å²) in [6.45, 7) is 2.80. The third-order valence-corrected chi connectivity index (χ3v) is 8.45. The van der Waals surface area contributed by atoms with E-state index in [9.17, 15) is 8.78 Å². The first kappa shape index (κ1) is 28.1. The van der Waals surface area contributed by atoms with Crippen LogP contribution in [0.15, 0.2) is 36.5 Å². The fourth-order valence-electron chi connectivity index (χ4n) is 5.74. The van der Waals surface area contributed by atoms with Crippen molar-refractivity contribution >= 4 is 40.3 Å². The number of nitrogens with one attached hydrogen (secondary N) is 2. The van der Waals surface area contributed by atoms with E-state index in [1.807, 2.05) is 12.1 Å². The zero-order chi connectivity index (χ0) is 28.3. The smallest absolute Gasteiger partial charge is 0.225 e. The van der Waals surface area contributed by atoms with Crippen molar-refractivity contribution < 1.29 is 13.5 Å². The summed E-state index contributed by atoms with van der Waals surface area (Å²) in [5, 5.41) is 7.52. The predicted molar refractivity (Wildman–Crippen MR) is 158 cm³/mol. The molecule has 1 atom stereocenters. The van der Waals surface area contributed by atoms with Gasteiger partial charge in [0.15, 0.2) is 17.3 Å². The van der Waals surface area contributed by atoms with E-state index in [2.05, 4.69) is 20.2 Å². The van der Waals surface area contributed by atoms with Gasteiger partial charge in [0.05, 0.1) is 27.9 Å². The Kier molecular flexibility index (Phi) is 8.55. The highest BCUT2D eigenvalue weighted by molar-refractivity contribution is 6.39. The van der Waals surface area contributed by atoms with Crippen LogP contribution < -0.4 is 15.4 Å². The molecule has 0 spiro atoms. The lowest BCUT2D eigenvalue weighted by atomic mass is 9.98. The highest BCUT2D eigenvalue weighted by Crippen LogP contribution is 2.40. The molecule has 2 fully saturated rings. The third kappa shape index (κ3) is 6.42. The molecule has 6 rings (SSSR count). The van der Waals surface area contributed by atoms with Crippen LogP contribution in [0.5, 0.6) is 5.75 Å². The number of imidazole rings is 1. The predicted octanol–water partition coefficient (Wildman–Crippen LogP) is 7.40. The zero-order valence-corrected chi connectivity index (χ0v) is 24.1. The Morgan fingerprint density at radius 1 is 0.976 bits per heavy atom. The lowest BCUT2D eigenvalue weighted by Gasteiger charge is -2.25. The van der Waals surface area contributed by atoms with Gasteiger partial charge in [0.25, 0.3) is 0 Å². The number of ether oxygens (including phenoxy) is 1. The van der Waals surface area contributed by atoms with E-state index in [1.54, 1.807) is 6.20 Å². The SMILES string of the molecule is Fc1ccc(CNc2ncc3nc(-c4c(Cl)cc(OC5CCCCC5)cc4Cl)n(C[C@@H]4CCCNC4)c3n2)cc1F. The number of benzene rings is 2. The van der Waals surface area contributed by atoms with E-state index in [0.717, 1.165) is 50.9 Å². The lowest BCUT2D eigenvalue weighted by Crippen LogP contribution is -2.32. The van der Waals surface area contributed by atoms with Crippen molar-refractivity contribution in [2.75, 3.05) is 18.4 Å². The molecule has 11 heteroatoms. The fourth-order valence-corrected chi connectivity index (χ4v) is 6.38. The van der Waals surface area contributed by atoms with Gasteiger partial charge in [-0.25, -0.2) is 18.7 Å². The molecule has 2 N–H and O–H groups in total. The molecule has 1 aliphatic carbocycles. The van der Waals surface area contributed by atoms with Crippen LogP contribution in [0.2, 0.25) is 10.0 Å². The Bertz CT molecular complexity index is 1510. The molecule has 0 bridgehead atoms. The van der Waals surface area contributed by atoms with E-state index in [-0.39, 0.29) is 12.6 Å². The molecular formula is C30H32Cl2F2N6O. The van der Waals surface area contributed by atoms with Gasteiger partial charge in [0.2, 0.25) is 5.95 Å². The van der Waals surface area contributed by atoms with E-state index >= 15 is 0 Å². The van der Waals surface area contributed by atoms with Crippen LogP contribution in [0.25, 0.3) is 22.6 Å². The number of hydrogen-bond acceptors (Lipinski definition) is 6. The van der Waals surface area contributed by atoms with Gasteiger partial charge < -0.3 is 19.9 Å². The second-order valence-corrected chi connectivity index (χ2v) is 11.7. The maximum atomic E-state index is 13.7. The van der Waals surface area contributed by atoms with E-state index in [1.165, 1.54) is 25.3 Å². The quantitative estimate of drug-likeness (QED) is 0.219. The number of nitrogens with zero attached hydrogens (tertiary/aromatic N) is 4. The van der Waals surface area contributed by atoms with E-state index in [4.69, 9.17) is 37.9 Å². The molecule has 7 nitrogen and oxygen atoms in total. The Morgan fingerprint density at radius 2 is 1.78 bits per heavy atom. The van der Waals surface area contributed by atoms with Crippen molar-refractivity contribution in [1.29, 1.82) is 0 Å². The fraction of sp³-hybridized carbons (Fsp3) is 0.433. The van der Waals surface area contributed by atoms with Crippen LogP contribution in [0, 0.1) is 17.6 Å². The van der Waals surface area contributed by atoms with Gasteiger partial charge in [-0.05, 0) is 87.4 Å². The number of hydrogen-bond donors (Lipinski definition) is 2. The van der Waals surface area contributed by atoms with E-state index in [0.29, 0.717) is 62.3 Å². The topological polar surface area (TPSA) is 76.9 Å². The van der Waals surface area contributed by atoms with Gasteiger partial charge in [0, 0.05) is 13.1 Å². The summed E-state index contributed by atoms with van der Waals surface area (Å²) in [7, 11) is 0. The molecule has 0 unspecified atom stereocenters. The first-order chi connectivity index (χ1) is 19.9. The van der Waals surface area contributed by atoms with Crippen molar-refractivity contribution in [2.24, 2.45) is 5.92 Å². The summed E-state index contributed by atoms with van der Waals surface area (Å²) in [6, 6.07) is 7.43. The summed E-state index contributed by atoms with van der Waals surface area (Å²) < 4.78 is 35.3. The first-order valence-corrected chi connectivity index (χ1v) is 15.0. The molecule has 0 amide bonds. The third-order valence-electron chi connectivity index (χ3n) is 7.86. The van der Waals surface area contributed by atoms with Gasteiger partial charge in [-0.3, -0.25) is 0 Å². The summed E-state index contributed by atoms with van der Waals surface area (Å²) in [6.07, 6.45) is 9.66. The molecule has 2 aliphatic rings. The standard InChI is InChI=1S/C30H32Cl2F2N6O/c31-22-12-21(41-20-6-2-1-3-7-20)13-23(32)27(22)29-38-26-16-37-30(36-15-18-8-9-24(33)25(34)11-18)39-28(26)40(29)17-19-5-4-10-35-14-19/h8-9,11-13,16,19-20,35H,1-7,10,14-15,17H2,(H,36,37,39)/t19-/m1/s1. The summed E-state index contributed by atoms with van der Waals surface area (Å²) in [5.74, 6) is 0.236. The molecular weight excluding hydrogens is 569 g/mol. The van der Waals surface area contributed by atoms with E-state index < -0.39 is 11.6 Å². The van der Waals surface area contributed by atoms with Gasteiger partial charge in [-0.1, -0.05) is 35.7 Å². The second kappa shape index (κ2) is 12.5. The van der Waals surface area contributed by atoms with Crippen molar-refractivity contribution in [2.45, 2.75) is 64.1 Å². The van der Waals surface area contributed by atoms with Crippen LogP contribution >= 0.6 is 23.2 Å². The zero-order valence-electron chi connectivity index (χ0n) is 22.6. The molecule has 2 aromatic heterocycles. The van der Waals surface area contributed by atoms with Crippen molar-refractivity contribution in [1.82, 2.24) is 24.8 Å². The number of halogens is 4. The minimum atomic E-state index is -0.895. The Balaban J connectivity index is 1.33.